The summed E-state index contributed by atoms with van der Waals surface area (Å²) in [7, 11) is 0. The molecule has 0 unspecified atom stereocenters. The van der Waals surface area contributed by atoms with Crippen molar-refractivity contribution in [1.82, 2.24) is 14.7 Å². The van der Waals surface area contributed by atoms with Crippen LogP contribution in [0.15, 0.2) is 53.9 Å². The molecule has 3 heterocycles. The first-order valence-electron chi connectivity index (χ1n) is 12.2. The Kier molecular flexibility index (Phi) is 7.40. The predicted molar refractivity (Wildman–Crippen MR) is 146 cm³/mol. The van der Waals surface area contributed by atoms with Gasteiger partial charge in [-0.1, -0.05) is 53.0 Å². The van der Waals surface area contributed by atoms with E-state index in [1.807, 2.05) is 11.8 Å². The zero-order valence-electron chi connectivity index (χ0n) is 20.4. The lowest BCUT2D eigenvalue weighted by Gasteiger charge is -2.42. The Morgan fingerprint density at radius 2 is 1.81 bits per heavy atom. The SMILES string of the molecule is Cc1ccc([C@@H]2c3ccsc3CCN2CC(=O)N2CCN(C(=O)c3ccc(Cl)cc3Cl)[C@H](C)C2)cc1. The Balaban J connectivity index is 1.28. The molecule has 1 saturated heterocycles. The molecule has 5 nitrogen and oxygen atoms in total. The third-order valence-corrected chi connectivity index (χ3v) is 8.74. The summed E-state index contributed by atoms with van der Waals surface area (Å²) in [4.78, 5) is 34.0. The largest absolute Gasteiger partial charge is 0.338 e. The Labute approximate surface area is 226 Å². The number of halogens is 2. The second kappa shape index (κ2) is 10.5. The lowest BCUT2D eigenvalue weighted by atomic mass is 9.92. The first-order valence-corrected chi connectivity index (χ1v) is 13.9. The number of rotatable bonds is 4. The summed E-state index contributed by atoms with van der Waals surface area (Å²) in [5, 5.41) is 3.00. The number of fused-ring (bicyclic) bond motifs is 1. The number of carbonyl (C=O) groups is 2. The van der Waals surface area contributed by atoms with Crippen LogP contribution in [0.25, 0.3) is 0 Å². The minimum atomic E-state index is -0.128. The number of nitrogens with zero attached hydrogens (tertiary/aromatic N) is 3. The molecular formula is C28H29Cl2N3O2S. The van der Waals surface area contributed by atoms with Gasteiger partial charge in [0.25, 0.3) is 5.91 Å². The summed E-state index contributed by atoms with van der Waals surface area (Å²) in [6.45, 7) is 6.76. The number of amides is 2. The van der Waals surface area contributed by atoms with Gasteiger partial charge in [0.05, 0.1) is 23.2 Å². The minimum Gasteiger partial charge on any atom is -0.338 e. The zero-order valence-corrected chi connectivity index (χ0v) is 22.7. The van der Waals surface area contributed by atoms with E-state index in [0.29, 0.717) is 41.8 Å². The molecule has 2 amide bonds. The number of piperazine rings is 1. The number of carbonyl (C=O) groups excluding carboxylic acids is 2. The molecule has 0 spiro atoms. The van der Waals surface area contributed by atoms with Crippen LogP contribution < -0.4 is 0 Å². The van der Waals surface area contributed by atoms with Gasteiger partial charge in [0.1, 0.15) is 0 Å². The molecule has 36 heavy (non-hydrogen) atoms. The Bertz CT molecular complexity index is 1280. The molecule has 0 saturated carbocycles. The fraction of sp³-hybridized carbons (Fsp3) is 0.357. The topological polar surface area (TPSA) is 43.9 Å². The van der Waals surface area contributed by atoms with Crippen LogP contribution in [-0.4, -0.2) is 65.3 Å². The molecule has 0 aliphatic carbocycles. The number of thiophene rings is 1. The van der Waals surface area contributed by atoms with E-state index >= 15 is 0 Å². The molecule has 2 aliphatic heterocycles. The second-order valence-electron chi connectivity index (χ2n) is 9.64. The van der Waals surface area contributed by atoms with Crippen LogP contribution in [0.1, 0.15) is 44.9 Å². The molecule has 2 aliphatic rings. The summed E-state index contributed by atoms with van der Waals surface area (Å²) in [6, 6.07) is 15.7. The first kappa shape index (κ1) is 25.3. The fourth-order valence-corrected chi connectivity index (χ4v) is 6.65. The van der Waals surface area contributed by atoms with Crippen molar-refractivity contribution < 1.29 is 9.59 Å². The van der Waals surface area contributed by atoms with Crippen LogP contribution in [0.5, 0.6) is 0 Å². The third kappa shape index (κ3) is 5.05. The van der Waals surface area contributed by atoms with Crippen molar-refractivity contribution >= 4 is 46.4 Å². The van der Waals surface area contributed by atoms with Crippen molar-refractivity contribution in [1.29, 1.82) is 0 Å². The molecule has 0 N–H and O–H groups in total. The van der Waals surface area contributed by atoms with Gasteiger partial charge in [0.15, 0.2) is 0 Å². The van der Waals surface area contributed by atoms with Crippen LogP contribution in [-0.2, 0) is 11.2 Å². The lowest BCUT2D eigenvalue weighted by molar-refractivity contribution is -0.135. The van der Waals surface area contributed by atoms with Gasteiger partial charge in [-0.25, -0.2) is 0 Å². The fourth-order valence-electron chi connectivity index (χ4n) is 5.25. The van der Waals surface area contributed by atoms with E-state index in [0.717, 1.165) is 13.0 Å². The van der Waals surface area contributed by atoms with Crippen LogP contribution in [0.4, 0.5) is 0 Å². The maximum absolute atomic E-state index is 13.5. The van der Waals surface area contributed by atoms with Gasteiger partial charge in [-0.15, -0.1) is 11.3 Å². The smallest absolute Gasteiger partial charge is 0.255 e. The van der Waals surface area contributed by atoms with Gasteiger partial charge in [-0.3, -0.25) is 14.5 Å². The molecular weight excluding hydrogens is 513 g/mol. The summed E-state index contributed by atoms with van der Waals surface area (Å²) >= 11 is 14.1. The monoisotopic (exact) mass is 541 g/mol. The van der Waals surface area contributed by atoms with E-state index in [2.05, 4.69) is 47.5 Å². The van der Waals surface area contributed by atoms with Crippen LogP contribution in [0, 0.1) is 6.92 Å². The van der Waals surface area contributed by atoms with E-state index in [9.17, 15) is 9.59 Å². The van der Waals surface area contributed by atoms with Gasteiger partial charge < -0.3 is 9.80 Å². The average molecular weight is 543 g/mol. The van der Waals surface area contributed by atoms with Crippen molar-refractivity contribution in [2.24, 2.45) is 0 Å². The Morgan fingerprint density at radius 3 is 2.53 bits per heavy atom. The third-order valence-electron chi connectivity index (χ3n) is 7.20. The highest BCUT2D eigenvalue weighted by Gasteiger charge is 2.35. The molecule has 188 valence electrons. The molecule has 1 aromatic heterocycles. The van der Waals surface area contributed by atoms with Gasteiger partial charge in [0, 0.05) is 42.1 Å². The number of benzene rings is 2. The predicted octanol–water partition coefficient (Wildman–Crippen LogP) is 5.68. The summed E-state index contributed by atoms with van der Waals surface area (Å²) in [5.41, 5.74) is 4.19. The van der Waals surface area contributed by atoms with Gasteiger partial charge in [-0.05, 0) is 61.0 Å². The average Bonchev–Trinajstić information content (AvgIpc) is 3.33. The summed E-state index contributed by atoms with van der Waals surface area (Å²) < 4.78 is 0. The van der Waals surface area contributed by atoms with Crippen molar-refractivity contribution in [3.05, 3.63) is 91.1 Å². The first-order chi connectivity index (χ1) is 17.3. The molecule has 5 rings (SSSR count). The van der Waals surface area contributed by atoms with Crippen molar-refractivity contribution in [3.8, 4) is 0 Å². The van der Waals surface area contributed by atoms with E-state index in [4.69, 9.17) is 23.2 Å². The number of hydrogen-bond acceptors (Lipinski definition) is 4. The van der Waals surface area contributed by atoms with Crippen LogP contribution in [0.3, 0.4) is 0 Å². The quantitative estimate of drug-likeness (QED) is 0.426. The summed E-state index contributed by atoms with van der Waals surface area (Å²) in [6.07, 6.45) is 0.961. The van der Waals surface area contributed by atoms with Gasteiger partial charge in [0.2, 0.25) is 5.91 Å². The molecule has 3 aromatic rings. The standard InChI is InChI=1S/C28H29Cl2N3O2S/c1-18-3-5-20(6-4-18)27-23-10-14-36-25(23)9-11-32(27)17-26(34)31-12-13-33(19(2)16-31)28(35)22-8-7-21(29)15-24(22)30/h3-8,10,14-15,19,27H,9,11-13,16-17H2,1-2H3/t19-,27-/m1/s1. The summed E-state index contributed by atoms with van der Waals surface area (Å²) in [5.74, 6) is -0.0222. The molecule has 2 atom stereocenters. The van der Waals surface area contributed by atoms with E-state index in [1.165, 1.54) is 21.6 Å². The van der Waals surface area contributed by atoms with E-state index < -0.39 is 0 Å². The highest BCUT2D eigenvalue weighted by molar-refractivity contribution is 7.10. The number of hydrogen-bond donors (Lipinski definition) is 0. The van der Waals surface area contributed by atoms with E-state index in [-0.39, 0.29) is 23.9 Å². The van der Waals surface area contributed by atoms with E-state index in [1.54, 1.807) is 34.4 Å². The Hall–Kier alpha value is -2.38. The lowest BCUT2D eigenvalue weighted by Crippen LogP contribution is -2.57. The highest BCUT2D eigenvalue weighted by atomic mass is 35.5. The minimum absolute atomic E-state index is 0.0805. The van der Waals surface area contributed by atoms with Crippen LogP contribution >= 0.6 is 34.5 Å². The molecule has 0 radical (unpaired) electrons. The maximum atomic E-state index is 13.5. The molecule has 2 aromatic carbocycles. The molecule has 0 bridgehead atoms. The van der Waals surface area contributed by atoms with Crippen molar-refractivity contribution in [2.45, 2.75) is 32.4 Å². The normalized spacial score (nSPS) is 20.3. The highest BCUT2D eigenvalue weighted by Crippen LogP contribution is 2.37. The molecule has 8 heteroatoms. The number of aryl methyl sites for hydroxylation is 1. The van der Waals surface area contributed by atoms with Gasteiger partial charge in [-0.2, -0.15) is 0 Å². The second-order valence-corrected chi connectivity index (χ2v) is 11.5. The van der Waals surface area contributed by atoms with Crippen LogP contribution in [0.2, 0.25) is 10.0 Å². The van der Waals surface area contributed by atoms with Crippen molar-refractivity contribution in [2.75, 3.05) is 32.7 Å². The van der Waals surface area contributed by atoms with Gasteiger partial charge >= 0.3 is 0 Å². The maximum Gasteiger partial charge on any atom is 0.255 e. The Morgan fingerprint density at radius 1 is 1.03 bits per heavy atom. The van der Waals surface area contributed by atoms with Crippen molar-refractivity contribution in [3.63, 3.8) is 0 Å². The molecule has 1 fully saturated rings. The zero-order chi connectivity index (χ0) is 25.4.